The van der Waals surface area contributed by atoms with Gasteiger partial charge in [0, 0.05) is 17.2 Å². The largest absolute Gasteiger partial charge is 0.493 e. The highest BCUT2D eigenvalue weighted by Gasteiger charge is 2.33. The third-order valence-electron chi connectivity index (χ3n) is 7.92. The number of aromatic nitrogens is 1. The van der Waals surface area contributed by atoms with Gasteiger partial charge >= 0.3 is 5.97 Å². The van der Waals surface area contributed by atoms with E-state index in [0.717, 1.165) is 35.2 Å². The zero-order valence-electron chi connectivity index (χ0n) is 23.4. The topological polar surface area (TPSA) is 103 Å². The van der Waals surface area contributed by atoms with Gasteiger partial charge in [-0.3, -0.25) is 9.36 Å². The fourth-order valence-corrected chi connectivity index (χ4v) is 6.92. The van der Waals surface area contributed by atoms with Crippen molar-refractivity contribution in [2.24, 2.45) is 4.99 Å². The summed E-state index contributed by atoms with van der Waals surface area (Å²) in [6, 6.07) is 23.8. The molecule has 0 fully saturated rings. The fraction of sp³-hybridized carbons (Fsp3) is 0.147. The van der Waals surface area contributed by atoms with Gasteiger partial charge in [-0.05, 0) is 59.9 Å². The molecule has 5 aromatic rings. The Bertz CT molecular complexity index is 2130. The summed E-state index contributed by atoms with van der Waals surface area (Å²) in [7, 11) is 3.20. The summed E-state index contributed by atoms with van der Waals surface area (Å²) in [6.07, 6.45) is 3.31. The van der Waals surface area contributed by atoms with E-state index in [1.54, 1.807) is 55.2 Å². The van der Waals surface area contributed by atoms with Crippen molar-refractivity contribution in [2.75, 3.05) is 14.2 Å². The van der Waals surface area contributed by atoms with Gasteiger partial charge in [0.1, 0.15) is 11.5 Å². The predicted octanol–water partition coefficient (Wildman–Crippen LogP) is 5.29. The molecule has 3 heterocycles. The van der Waals surface area contributed by atoms with Crippen LogP contribution in [0, 0.1) is 0 Å². The van der Waals surface area contributed by atoms with Crippen molar-refractivity contribution in [3.8, 4) is 22.8 Å². The predicted molar refractivity (Wildman–Crippen MR) is 163 cm³/mol. The molecule has 1 atom stereocenters. The monoisotopic (exact) mass is 590 g/mol. The van der Waals surface area contributed by atoms with E-state index < -0.39 is 5.97 Å². The molecule has 0 saturated heterocycles. The summed E-state index contributed by atoms with van der Waals surface area (Å²) in [5.41, 5.74) is 5.63. The summed E-state index contributed by atoms with van der Waals surface area (Å²) >= 11 is 1.30. The zero-order chi connectivity index (χ0) is 29.7. The van der Waals surface area contributed by atoms with Crippen LogP contribution in [-0.2, 0) is 6.42 Å². The number of methoxy groups -OCH3 is 2. The molecule has 43 heavy (non-hydrogen) atoms. The van der Waals surface area contributed by atoms with E-state index in [1.807, 2.05) is 30.3 Å². The fourth-order valence-electron chi connectivity index (χ4n) is 5.93. The standard InChI is InChI=1S/C34H26N2O6S/c1-40-27-15-12-20(17-28(27)41-2)31-25-14-11-19-7-3-4-8-22(19)30(25)35-34-36(31)32(37)29(43-34)18-21-13-16-26(42-21)23-9-5-6-10-24(23)33(38)39/h3-10,12-13,15-18,31H,11,14H2,1-2H3,(H,38,39)/b29-18-. The Hall–Kier alpha value is -5.15. The first kappa shape index (κ1) is 26.7. The van der Waals surface area contributed by atoms with Crippen molar-refractivity contribution in [3.05, 3.63) is 132 Å². The van der Waals surface area contributed by atoms with Gasteiger partial charge < -0.3 is 19.0 Å². The highest BCUT2D eigenvalue weighted by atomic mass is 32.1. The number of nitrogens with zero attached hydrogens (tertiary/aromatic N) is 2. The van der Waals surface area contributed by atoms with Crippen LogP contribution in [-0.4, -0.2) is 29.9 Å². The maximum absolute atomic E-state index is 14.1. The smallest absolute Gasteiger partial charge is 0.336 e. The minimum atomic E-state index is -1.04. The van der Waals surface area contributed by atoms with E-state index in [4.69, 9.17) is 18.9 Å². The molecule has 2 aliphatic rings. The van der Waals surface area contributed by atoms with Crippen LogP contribution in [0.3, 0.4) is 0 Å². The van der Waals surface area contributed by atoms with Crippen molar-refractivity contribution in [1.29, 1.82) is 0 Å². The maximum atomic E-state index is 14.1. The van der Waals surface area contributed by atoms with E-state index >= 15 is 0 Å². The van der Waals surface area contributed by atoms with Crippen LogP contribution in [0.5, 0.6) is 11.5 Å². The molecule has 9 heteroatoms. The SMILES string of the molecule is COc1ccc(C2C3=C(N=c4s/c(=C\c5ccc(-c6ccccc6C(=O)O)o5)c(=O)n42)c2ccccc2CC3)cc1OC. The Balaban J connectivity index is 1.40. The van der Waals surface area contributed by atoms with Gasteiger partial charge in [0.2, 0.25) is 0 Å². The summed E-state index contributed by atoms with van der Waals surface area (Å²) < 4.78 is 19.3. The summed E-state index contributed by atoms with van der Waals surface area (Å²) in [5.74, 6) is 1.01. The van der Waals surface area contributed by atoms with Gasteiger partial charge in [0.05, 0.1) is 36.1 Å². The number of carbonyl (C=O) groups is 1. The van der Waals surface area contributed by atoms with Crippen LogP contribution in [0.2, 0.25) is 0 Å². The number of benzene rings is 3. The van der Waals surface area contributed by atoms with Gasteiger partial charge in [-0.25, -0.2) is 9.79 Å². The van der Waals surface area contributed by atoms with E-state index in [2.05, 4.69) is 12.1 Å². The van der Waals surface area contributed by atoms with Gasteiger partial charge in [-0.2, -0.15) is 0 Å². The van der Waals surface area contributed by atoms with Crippen molar-refractivity contribution in [1.82, 2.24) is 4.57 Å². The Morgan fingerprint density at radius 2 is 1.74 bits per heavy atom. The number of aryl methyl sites for hydroxylation is 1. The Kier molecular flexibility index (Phi) is 6.59. The third kappa shape index (κ3) is 4.49. The van der Waals surface area contributed by atoms with E-state index in [0.29, 0.717) is 37.9 Å². The van der Waals surface area contributed by atoms with Crippen LogP contribution in [0.15, 0.2) is 98.6 Å². The van der Waals surface area contributed by atoms with Gasteiger partial charge in [-0.15, -0.1) is 0 Å². The molecule has 1 aliphatic carbocycles. The van der Waals surface area contributed by atoms with Crippen molar-refractivity contribution < 1.29 is 23.8 Å². The molecule has 1 aliphatic heterocycles. The second-order valence-electron chi connectivity index (χ2n) is 10.3. The first-order valence-corrected chi connectivity index (χ1v) is 14.6. The lowest BCUT2D eigenvalue weighted by atomic mass is 9.83. The van der Waals surface area contributed by atoms with Crippen molar-refractivity contribution in [2.45, 2.75) is 18.9 Å². The Morgan fingerprint density at radius 1 is 0.977 bits per heavy atom. The number of hydrogen-bond donors (Lipinski definition) is 1. The number of carboxylic acids is 1. The number of rotatable bonds is 6. The normalized spacial score (nSPS) is 15.8. The lowest BCUT2D eigenvalue weighted by Gasteiger charge is -2.31. The summed E-state index contributed by atoms with van der Waals surface area (Å²) in [4.78, 5) is 31.5. The molecule has 8 nitrogen and oxygen atoms in total. The average Bonchev–Trinajstić information content (AvgIpc) is 3.63. The number of furan rings is 1. The number of carboxylic acid groups (broad SMARTS) is 1. The number of hydrogen-bond acceptors (Lipinski definition) is 7. The van der Waals surface area contributed by atoms with Crippen LogP contribution in [0.1, 0.15) is 45.3 Å². The maximum Gasteiger partial charge on any atom is 0.336 e. The van der Waals surface area contributed by atoms with Crippen LogP contribution >= 0.6 is 11.3 Å². The van der Waals surface area contributed by atoms with Crippen LogP contribution < -0.4 is 24.4 Å². The summed E-state index contributed by atoms with van der Waals surface area (Å²) in [5, 5.41) is 9.61. The van der Waals surface area contributed by atoms with Crippen molar-refractivity contribution >= 4 is 29.1 Å². The third-order valence-corrected chi connectivity index (χ3v) is 8.90. The molecular formula is C34H26N2O6S. The molecule has 214 valence electrons. The number of thiazole rings is 1. The number of ether oxygens (including phenoxy) is 2. The highest BCUT2D eigenvalue weighted by Crippen LogP contribution is 2.42. The molecule has 0 saturated carbocycles. The Labute approximate surface area is 250 Å². The van der Waals surface area contributed by atoms with Crippen LogP contribution in [0.25, 0.3) is 23.1 Å². The second-order valence-corrected chi connectivity index (χ2v) is 11.3. The molecule has 1 N–H and O–H groups in total. The summed E-state index contributed by atoms with van der Waals surface area (Å²) in [6.45, 7) is 0. The van der Waals surface area contributed by atoms with Crippen molar-refractivity contribution in [3.63, 3.8) is 0 Å². The zero-order valence-corrected chi connectivity index (χ0v) is 24.2. The average molecular weight is 591 g/mol. The molecule has 0 spiro atoms. The molecule has 3 aromatic carbocycles. The van der Waals surface area contributed by atoms with E-state index in [1.165, 1.54) is 23.0 Å². The minimum absolute atomic E-state index is 0.142. The van der Waals surface area contributed by atoms with Gasteiger partial charge in [0.25, 0.3) is 5.56 Å². The molecule has 7 rings (SSSR count). The van der Waals surface area contributed by atoms with E-state index in [-0.39, 0.29) is 17.2 Å². The first-order chi connectivity index (χ1) is 21.0. The first-order valence-electron chi connectivity index (χ1n) is 13.7. The molecule has 0 bridgehead atoms. The lowest BCUT2D eigenvalue weighted by molar-refractivity contribution is 0.0697. The minimum Gasteiger partial charge on any atom is -0.493 e. The molecule has 1 unspecified atom stereocenters. The molecule has 2 aromatic heterocycles. The van der Waals surface area contributed by atoms with Gasteiger partial charge in [0.15, 0.2) is 16.3 Å². The quantitative estimate of drug-likeness (QED) is 0.288. The Morgan fingerprint density at radius 3 is 2.53 bits per heavy atom. The number of fused-ring (bicyclic) bond motifs is 3. The highest BCUT2D eigenvalue weighted by molar-refractivity contribution is 7.07. The lowest BCUT2D eigenvalue weighted by Crippen LogP contribution is -2.38. The van der Waals surface area contributed by atoms with E-state index in [9.17, 15) is 14.7 Å². The van der Waals surface area contributed by atoms with Gasteiger partial charge in [-0.1, -0.05) is 59.9 Å². The number of allylic oxidation sites excluding steroid dienone is 1. The van der Waals surface area contributed by atoms with Crippen LogP contribution in [0.4, 0.5) is 0 Å². The number of aromatic carboxylic acids is 1. The molecular weight excluding hydrogens is 564 g/mol. The second kappa shape index (κ2) is 10.6. The molecule has 0 amide bonds. The molecule has 0 radical (unpaired) electrons.